The van der Waals surface area contributed by atoms with Crippen LogP contribution in [0.2, 0.25) is 0 Å². The summed E-state index contributed by atoms with van der Waals surface area (Å²) in [5.41, 5.74) is 3.21. The molecule has 0 bridgehead atoms. The van der Waals surface area contributed by atoms with Gasteiger partial charge in [-0.2, -0.15) is 4.31 Å². The number of hydrogen-bond acceptors (Lipinski definition) is 5. The van der Waals surface area contributed by atoms with Crippen LogP contribution in [0.3, 0.4) is 0 Å². The largest absolute Gasteiger partial charge is 0.441 e. The Hall–Kier alpha value is -2.71. The van der Waals surface area contributed by atoms with E-state index in [-0.39, 0.29) is 16.9 Å². The van der Waals surface area contributed by atoms with Crippen molar-refractivity contribution in [3.63, 3.8) is 0 Å². The number of fused-ring (bicyclic) bond motifs is 2. The van der Waals surface area contributed by atoms with Gasteiger partial charge in [0.05, 0.1) is 15.9 Å². The fourth-order valence-electron chi connectivity index (χ4n) is 4.59. The fraction of sp³-hybridized carbons (Fsp3) is 0.391. The molecule has 1 atom stereocenters. The summed E-state index contributed by atoms with van der Waals surface area (Å²) in [6.45, 7) is 6.97. The van der Waals surface area contributed by atoms with Crippen LogP contribution in [-0.2, 0) is 10.0 Å². The van der Waals surface area contributed by atoms with E-state index in [1.165, 1.54) is 0 Å². The zero-order valence-electron chi connectivity index (χ0n) is 17.9. The molecule has 1 aliphatic rings. The number of oxazole rings is 1. The third kappa shape index (κ3) is 3.43. The molecule has 1 aliphatic heterocycles. The highest BCUT2D eigenvalue weighted by Gasteiger charge is 2.33. The van der Waals surface area contributed by atoms with Crippen LogP contribution >= 0.6 is 0 Å². The molecule has 0 radical (unpaired) electrons. The molecule has 8 heteroatoms. The normalized spacial score (nSPS) is 18.4. The van der Waals surface area contributed by atoms with E-state index >= 15 is 0 Å². The SMILES string of the molecule is Cc1nc2ccc(S(=O)(=O)N3CCC[C@@H](c4nc5ccccc5n4C(C)C)C3)cc2o1. The number of aryl methyl sites for hydroxylation is 1. The molecule has 5 rings (SSSR count). The zero-order chi connectivity index (χ0) is 21.8. The quantitative estimate of drug-likeness (QED) is 0.464. The van der Waals surface area contributed by atoms with E-state index in [1.54, 1.807) is 29.4 Å². The Morgan fingerprint density at radius 1 is 1.10 bits per heavy atom. The van der Waals surface area contributed by atoms with Gasteiger partial charge in [-0.25, -0.2) is 18.4 Å². The van der Waals surface area contributed by atoms with Crippen molar-refractivity contribution in [3.05, 3.63) is 54.2 Å². The summed E-state index contributed by atoms with van der Waals surface area (Å²) in [4.78, 5) is 9.41. The molecule has 0 amide bonds. The summed E-state index contributed by atoms with van der Waals surface area (Å²) in [7, 11) is -3.64. The highest BCUT2D eigenvalue weighted by molar-refractivity contribution is 7.89. The average molecular weight is 439 g/mol. The lowest BCUT2D eigenvalue weighted by Gasteiger charge is -2.32. The number of rotatable bonds is 4. The first kappa shape index (κ1) is 20.2. The van der Waals surface area contributed by atoms with E-state index in [9.17, 15) is 8.42 Å². The van der Waals surface area contributed by atoms with Crippen molar-refractivity contribution in [1.29, 1.82) is 0 Å². The zero-order valence-corrected chi connectivity index (χ0v) is 18.8. The summed E-state index contributed by atoms with van der Waals surface area (Å²) in [5.74, 6) is 1.54. The van der Waals surface area contributed by atoms with E-state index in [2.05, 4.69) is 29.5 Å². The average Bonchev–Trinajstić information content (AvgIpc) is 3.32. The van der Waals surface area contributed by atoms with Gasteiger partial charge in [0.1, 0.15) is 11.3 Å². The van der Waals surface area contributed by atoms with Crippen LogP contribution in [0.1, 0.15) is 50.4 Å². The molecule has 3 heterocycles. The number of sulfonamides is 1. The predicted octanol–water partition coefficient (Wildman–Crippen LogP) is 4.64. The van der Waals surface area contributed by atoms with Crippen molar-refractivity contribution in [2.24, 2.45) is 0 Å². The fourth-order valence-corrected chi connectivity index (χ4v) is 6.13. The van der Waals surface area contributed by atoms with Crippen molar-refractivity contribution < 1.29 is 12.8 Å². The van der Waals surface area contributed by atoms with Gasteiger partial charge >= 0.3 is 0 Å². The second kappa shape index (κ2) is 7.46. The molecule has 4 aromatic rings. The molecule has 1 fully saturated rings. The second-order valence-electron chi connectivity index (χ2n) is 8.49. The number of para-hydroxylation sites is 2. The Morgan fingerprint density at radius 2 is 1.90 bits per heavy atom. The summed E-state index contributed by atoms with van der Waals surface area (Å²) in [6, 6.07) is 13.3. The molecular weight excluding hydrogens is 412 g/mol. The van der Waals surface area contributed by atoms with Crippen molar-refractivity contribution in [3.8, 4) is 0 Å². The van der Waals surface area contributed by atoms with Crippen molar-refractivity contribution >= 4 is 32.2 Å². The molecule has 31 heavy (non-hydrogen) atoms. The van der Waals surface area contributed by atoms with Crippen LogP contribution < -0.4 is 0 Å². The molecule has 2 aromatic carbocycles. The lowest BCUT2D eigenvalue weighted by Crippen LogP contribution is -2.39. The first-order valence-corrected chi connectivity index (χ1v) is 12.1. The monoisotopic (exact) mass is 438 g/mol. The third-order valence-corrected chi connectivity index (χ3v) is 7.85. The molecule has 0 unspecified atom stereocenters. The summed E-state index contributed by atoms with van der Waals surface area (Å²) >= 11 is 0. The smallest absolute Gasteiger partial charge is 0.243 e. The maximum Gasteiger partial charge on any atom is 0.243 e. The second-order valence-corrected chi connectivity index (χ2v) is 10.4. The van der Waals surface area contributed by atoms with Crippen LogP contribution in [0.4, 0.5) is 0 Å². The molecule has 162 valence electrons. The molecule has 2 aromatic heterocycles. The van der Waals surface area contributed by atoms with Gasteiger partial charge in [-0.15, -0.1) is 0 Å². The van der Waals surface area contributed by atoms with Crippen LogP contribution in [-0.4, -0.2) is 40.3 Å². The van der Waals surface area contributed by atoms with Gasteiger partial charge in [0.25, 0.3) is 0 Å². The first-order valence-electron chi connectivity index (χ1n) is 10.7. The third-order valence-electron chi connectivity index (χ3n) is 5.99. The summed E-state index contributed by atoms with van der Waals surface area (Å²) < 4.78 is 36.3. The minimum absolute atomic E-state index is 0.0505. The van der Waals surface area contributed by atoms with Gasteiger partial charge < -0.3 is 8.98 Å². The highest BCUT2D eigenvalue weighted by atomic mass is 32.2. The predicted molar refractivity (Wildman–Crippen MR) is 120 cm³/mol. The summed E-state index contributed by atoms with van der Waals surface area (Å²) in [5, 5.41) is 0. The van der Waals surface area contributed by atoms with E-state index in [0.29, 0.717) is 30.1 Å². The minimum Gasteiger partial charge on any atom is -0.441 e. The maximum atomic E-state index is 13.4. The van der Waals surface area contributed by atoms with Gasteiger partial charge in [-0.3, -0.25) is 0 Å². The van der Waals surface area contributed by atoms with Gasteiger partial charge in [0, 0.05) is 38.0 Å². The minimum atomic E-state index is -3.64. The number of benzene rings is 2. The molecule has 0 aliphatic carbocycles. The van der Waals surface area contributed by atoms with Gasteiger partial charge in [0.2, 0.25) is 10.0 Å². The molecule has 0 spiro atoms. The molecular formula is C23H26N4O3S. The Kier molecular flexibility index (Phi) is 4.86. The molecule has 0 N–H and O–H groups in total. The number of aromatic nitrogens is 3. The van der Waals surface area contributed by atoms with Gasteiger partial charge in [-0.1, -0.05) is 12.1 Å². The van der Waals surface area contributed by atoms with Crippen molar-refractivity contribution in [1.82, 2.24) is 18.8 Å². The van der Waals surface area contributed by atoms with E-state index < -0.39 is 10.0 Å². The lowest BCUT2D eigenvalue weighted by molar-refractivity contribution is 0.303. The molecule has 1 saturated heterocycles. The Labute approximate surface area is 181 Å². The van der Waals surface area contributed by atoms with Crippen molar-refractivity contribution in [2.45, 2.75) is 50.5 Å². The van der Waals surface area contributed by atoms with Gasteiger partial charge in [-0.05, 0) is 51.0 Å². The standard InChI is InChI=1S/C23H26N4O3S/c1-15(2)27-21-9-5-4-8-19(21)25-23(27)17-7-6-12-26(14-17)31(28,29)18-10-11-20-22(13-18)30-16(3)24-20/h4-5,8-11,13,15,17H,6-7,12,14H2,1-3H3/t17-/m1/s1. The Bertz CT molecular complexity index is 1370. The van der Waals surface area contributed by atoms with Crippen LogP contribution in [0, 0.1) is 6.92 Å². The van der Waals surface area contributed by atoms with E-state index in [0.717, 1.165) is 29.7 Å². The number of hydrogen-bond donors (Lipinski definition) is 0. The lowest BCUT2D eigenvalue weighted by atomic mass is 9.98. The van der Waals surface area contributed by atoms with E-state index in [4.69, 9.17) is 9.40 Å². The first-order chi connectivity index (χ1) is 14.8. The Morgan fingerprint density at radius 3 is 2.71 bits per heavy atom. The van der Waals surface area contributed by atoms with E-state index in [1.807, 2.05) is 18.2 Å². The van der Waals surface area contributed by atoms with Gasteiger partial charge in [0.15, 0.2) is 11.5 Å². The highest BCUT2D eigenvalue weighted by Crippen LogP contribution is 2.34. The number of piperidine rings is 1. The summed E-state index contributed by atoms with van der Waals surface area (Å²) in [6.07, 6.45) is 1.72. The maximum absolute atomic E-state index is 13.4. The molecule has 0 saturated carbocycles. The number of imidazole rings is 1. The topological polar surface area (TPSA) is 81.2 Å². The van der Waals surface area contributed by atoms with Crippen LogP contribution in [0.25, 0.3) is 22.1 Å². The van der Waals surface area contributed by atoms with Crippen LogP contribution in [0.15, 0.2) is 51.8 Å². The van der Waals surface area contributed by atoms with Crippen LogP contribution in [0.5, 0.6) is 0 Å². The number of nitrogens with zero attached hydrogens (tertiary/aromatic N) is 4. The molecule has 7 nitrogen and oxygen atoms in total. The van der Waals surface area contributed by atoms with Crippen molar-refractivity contribution in [2.75, 3.05) is 13.1 Å². The Balaban J connectivity index is 1.50.